The largest absolute Gasteiger partial charge is 0.476 e. The molecule has 1 atom stereocenters. The summed E-state index contributed by atoms with van der Waals surface area (Å²) in [6.45, 7) is 0. The van der Waals surface area contributed by atoms with Crippen molar-refractivity contribution in [1.29, 1.82) is 5.26 Å². The SMILES string of the molecule is COC(=O)C1=C(C(=O)OC)N(c2ccc(-n3ccc(C(=O)O)n3)cc2)C(N)=C(C#N)C1c1ccccc1. The molecule has 3 aromatic rings. The van der Waals surface area contributed by atoms with Crippen molar-refractivity contribution >= 4 is 23.6 Å². The van der Waals surface area contributed by atoms with E-state index < -0.39 is 23.8 Å². The fraction of sp³-hybridized carbons (Fsp3) is 0.115. The Kier molecular flexibility index (Phi) is 6.75. The molecule has 0 radical (unpaired) electrons. The van der Waals surface area contributed by atoms with E-state index in [1.54, 1.807) is 54.6 Å². The number of methoxy groups -OCH3 is 2. The molecule has 0 saturated heterocycles. The molecule has 11 nitrogen and oxygen atoms in total. The van der Waals surface area contributed by atoms with Crippen molar-refractivity contribution in [2.75, 3.05) is 19.1 Å². The van der Waals surface area contributed by atoms with Crippen LogP contribution in [0.2, 0.25) is 0 Å². The molecular formula is C26H21N5O6. The molecule has 37 heavy (non-hydrogen) atoms. The molecule has 0 saturated carbocycles. The van der Waals surface area contributed by atoms with Crippen LogP contribution in [0.1, 0.15) is 22.0 Å². The number of rotatable bonds is 6. The molecule has 0 bridgehead atoms. The molecule has 186 valence electrons. The van der Waals surface area contributed by atoms with Crippen LogP contribution >= 0.6 is 0 Å². The normalized spacial score (nSPS) is 15.3. The molecule has 2 aromatic carbocycles. The number of hydrogen-bond donors (Lipinski definition) is 2. The third-order valence-electron chi connectivity index (χ3n) is 5.79. The number of aromatic nitrogens is 2. The van der Waals surface area contributed by atoms with Crippen molar-refractivity contribution in [3.63, 3.8) is 0 Å². The number of ether oxygens (including phenoxy) is 2. The number of nitrogens with zero attached hydrogens (tertiary/aromatic N) is 4. The third-order valence-corrected chi connectivity index (χ3v) is 5.79. The average molecular weight is 499 g/mol. The summed E-state index contributed by atoms with van der Waals surface area (Å²) in [6.07, 6.45) is 1.49. The minimum absolute atomic E-state index is 0.0431. The number of nitrogens with two attached hydrogens (primary N) is 1. The summed E-state index contributed by atoms with van der Waals surface area (Å²) in [4.78, 5) is 38.6. The molecule has 1 aromatic heterocycles. The number of carboxylic acid groups (broad SMARTS) is 1. The molecule has 0 spiro atoms. The van der Waals surface area contributed by atoms with E-state index in [4.69, 9.17) is 20.3 Å². The molecule has 1 unspecified atom stereocenters. The van der Waals surface area contributed by atoms with Crippen LogP contribution in [0, 0.1) is 11.3 Å². The Morgan fingerprint density at radius 2 is 1.59 bits per heavy atom. The van der Waals surface area contributed by atoms with Crippen LogP contribution in [-0.2, 0) is 19.1 Å². The van der Waals surface area contributed by atoms with Gasteiger partial charge in [0.15, 0.2) is 5.69 Å². The number of carbonyl (C=O) groups is 3. The third kappa shape index (κ3) is 4.39. The predicted molar refractivity (Wildman–Crippen MR) is 130 cm³/mol. The maximum Gasteiger partial charge on any atom is 0.356 e. The van der Waals surface area contributed by atoms with Crippen molar-refractivity contribution < 1.29 is 29.0 Å². The molecule has 0 aliphatic carbocycles. The van der Waals surface area contributed by atoms with Gasteiger partial charge in [-0.2, -0.15) is 10.4 Å². The lowest BCUT2D eigenvalue weighted by Gasteiger charge is -2.35. The quantitative estimate of drug-likeness (QED) is 0.482. The Hall–Kier alpha value is -5.37. The van der Waals surface area contributed by atoms with Gasteiger partial charge in [-0.3, -0.25) is 4.90 Å². The van der Waals surface area contributed by atoms with Gasteiger partial charge in [0, 0.05) is 11.9 Å². The summed E-state index contributed by atoms with van der Waals surface area (Å²) < 4.78 is 11.4. The van der Waals surface area contributed by atoms with Crippen molar-refractivity contribution in [3.05, 3.63) is 101 Å². The van der Waals surface area contributed by atoms with Crippen molar-refractivity contribution in [3.8, 4) is 11.8 Å². The number of hydrogen-bond acceptors (Lipinski definition) is 9. The zero-order valence-corrected chi connectivity index (χ0v) is 19.8. The van der Waals surface area contributed by atoms with Gasteiger partial charge in [-0.1, -0.05) is 30.3 Å². The molecule has 0 amide bonds. The summed E-state index contributed by atoms with van der Waals surface area (Å²) >= 11 is 0. The second-order valence-corrected chi connectivity index (χ2v) is 7.80. The van der Waals surface area contributed by atoms with E-state index in [-0.39, 0.29) is 28.4 Å². The number of allylic oxidation sites excluding steroid dienone is 1. The Labute approximate surface area is 211 Å². The van der Waals surface area contributed by atoms with E-state index in [0.29, 0.717) is 16.9 Å². The Morgan fingerprint density at radius 1 is 0.973 bits per heavy atom. The fourth-order valence-corrected chi connectivity index (χ4v) is 4.12. The molecule has 2 heterocycles. The molecule has 1 aliphatic heterocycles. The van der Waals surface area contributed by atoms with E-state index in [0.717, 1.165) is 0 Å². The second-order valence-electron chi connectivity index (χ2n) is 7.80. The highest BCUT2D eigenvalue weighted by Crippen LogP contribution is 2.43. The standard InChI is InChI=1S/C26H21N5O6/c1-36-25(34)21-20(15-6-4-3-5-7-15)18(14-27)23(28)31(22(21)26(35)37-2)17-10-8-16(9-11-17)30-13-12-19(29-30)24(32)33/h3-13,20H,28H2,1-2H3,(H,32,33). The molecular weight excluding hydrogens is 478 g/mol. The Morgan fingerprint density at radius 3 is 2.14 bits per heavy atom. The van der Waals surface area contributed by atoms with E-state index in [1.165, 1.54) is 36.1 Å². The number of benzene rings is 2. The van der Waals surface area contributed by atoms with Crippen LogP contribution in [0.3, 0.4) is 0 Å². The topological polar surface area (TPSA) is 161 Å². The Balaban J connectivity index is 1.91. The minimum atomic E-state index is -1.17. The number of aromatic carboxylic acids is 1. The molecule has 11 heteroatoms. The number of carbonyl (C=O) groups excluding carboxylic acids is 2. The molecule has 3 N–H and O–H groups in total. The van der Waals surface area contributed by atoms with Gasteiger partial charge in [0.25, 0.3) is 0 Å². The fourth-order valence-electron chi connectivity index (χ4n) is 4.12. The molecule has 0 fully saturated rings. The van der Waals surface area contributed by atoms with E-state index >= 15 is 0 Å². The van der Waals surface area contributed by atoms with Gasteiger partial charge in [0.1, 0.15) is 11.5 Å². The summed E-state index contributed by atoms with van der Waals surface area (Å²) in [7, 11) is 2.34. The lowest BCUT2D eigenvalue weighted by molar-refractivity contribution is -0.139. The van der Waals surface area contributed by atoms with E-state index in [2.05, 4.69) is 11.2 Å². The van der Waals surface area contributed by atoms with Crippen LogP contribution in [0.5, 0.6) is 0 Å². The van der Waals surface area contributed by atoms with Crippen molar-refractivity contribution in [2.45, 2.75) is 5.92 Å². The maximum absolute atomic E-state index is 13.1. The first kappa shape index (κ1) is 24.7. The number of esters is 2. The van der Waals surface area contributed by atoms with E-state index in [1.807, 2.05) is 0 Å². The zero-order chi connectivity index (χ0) is 26.7. The van der Waals surface area contributed by atoms with Gasteiger partial charge >= 0.3 is 17.9 Å². The highest BCUT2D eigenvalue weighted by Gasteiger charge is 2.42. The number of anilines is 1. The van der Waals surface area contributed by atoms with Gasteiger partial charge in [-0.15, -0.1) is 0 Å². The van der Waals surface area contributed by atoms with Crippen molar-refractivity contribution in [1.82, 2.24) is 9.78 Å². The highest BCUT2D eigenvalue weighted by atomic mass is 16.5. The van der Waals surface area contributed by atoms with Crippen LogP contribution < -0.4 is 10.6 Å². The predicted octanol–water partition coefficient (Wildman–Crippen LogP) is 2.47. The minimum Gasteiger partial charge on any atom is -0.476 e. The van der Waals surface area contributed by atoms with Gasteiger partial charge in [-0.25, -0.2) is 19.1 Å². The summed E-state index contributed by atoms with van der Waals surface area (Å²) in [5, 5.41) is 23.2. The first-order valence-electron chi connectivity index (χ1n) is 10.9. The van der Waals surface area contributed by atoms with Gasteiger partial charge in [0.05, 0.1) is 43.0 Å². The number of nitriles is 1. The zero-order valence-electron chi connectivity index (χ0n) is 19.8. The van der Waals surface area contributed by atoms with Crippen molar-refractivity contribution in [2.24, 2.45) is 5.73 Å². The monoisotopic (exact) mass is 499 g/mol. The van der Waals surface area contributed by atoms with Crippen LogP contribution in [0.4, 0.5) is 5.69 Å². The summed E-state index contributed by atoms with van der Waals surface area (Å²) in [5.74, 6) is -3.88. The van der Waals surface area contributed by atoms with Gasteiger partial charge in [0.2, 0.25) is 0 Å². The summed E-state index contributed by atoms with van der Waals surface area (Å²) in [5.41, 5.74) is 7.52. The van der Waals surface area contributed by atoms with Crippen LogP contribution in [0.15, 0.2) is 89.5 Å². The smallest absolute Gasteiger partial charge is 0.356 e. The molecule has 4 rings (SSSR count). The van der Waals surface area contributed by atoms with E-state index in [9.17, 15) is 19.6 Å². The van der Waals surface area contributed by atoms with Crippen LogP contribution in [0.25, 0.3) is 5.69 Å². The first-order chi connectivity index (χ1) is 17.8. The number of carboxylic acids is 1. The highest BCUT2D eigenvalue weighted by molar-refractivity contribution is 6.06. The van der Waals surface area contributed by atoms with Gasteiger partial charge in [-0.05, 0) is 35.9 Å². The van der Waals surface area contributed by atoms with Gasteiger partial charge < -0.3 is 20.3 Å². The molecule has 1 aliphatic rings. The lowest BCUT2D eigenvalue weighted by atomic mass is 9.81. The lowest BCUT2D eigenvalue weighted by Crippen LogP contribution is -2.40. The first-order valence-corrected chi connectivity index (χ1v) is 10.9. The maximum atomic E-state index is 13.1. The summed E-state index contributed by atoms with van der Waals surface area (Å²) in [6, 6.07) is 18.5. The van der Waals surface area contributed by atoms with Crippen LogP contribution in [-0.4, -0.2) is 47.0 Å². The average Bonchev–Trinajstić information content (AvgIpc) is 3.43. The Bertz CT molecular complexity index is 1480. The second kappa shape index (κ2) is 10.1.